The molecule has 0 bridgehead atoms. The van der Waals surface area contributed by atoms with Gasteiger partial charge in [-0.05, 0) is 131 Å². The van der Waals surface area contributed by atoms with Crippen molar-refractivity contribution in [3.05, 3.63) is 84.0 Å². The summed E-state index contributed by atoms with van der Waals surface area (Å²) in [6.45, 7) is 13.9. The number of hydrogen-bond acceptors (Lipinski definition) is 10. The van der Waals surface area contributed by atoms with E-state index in [-0.39, 0.29) is 49.9 Å². The summed E-state index contributed by atoms with van der Waals surface area (Å²) in [5.74, 6) is 21.4. The van der Waals surface area contributed by atoms with Crippen LogP contribution in [0.2, 0.25) is 0 Å². The highest BCUT2D eigenvalue weighted by Crippen LogP contribution is 2.31. The van der Waals surface area contributed by atoms with E-state index < -0.39 is 36.2 Å². The molecule has 1 N–H and O–H groups in total. The lowest BCUT2D eigenvalue weighted by Crippen LogP contribution is -2.38. The van der Waals surface area contributed by atoms with Gasteiger partial charge in [0.2, 0.25) is 0 Å². The maximum absolute atomic E-state index is 12.9. The number of aryl methyl sites for hydroxylation is 1. The lowest BCUT2D eigenvalue weighted by atomic mass is 9.80. The van der Waals surface area contributed by atoms with Crippen molar-refractivity contribution in [3.8, 4) is 58.9 Å². The molecule has 1 aliphatic carbocycles. The molecule has 0 aromatic heterocycles. The molecular weight excluding hydrogens is 739 g/mol. The van der Waals surface area contributed by atoms with Gasteiger partial charge in [-0.15, -0.1) is 0 Å². The fraction of sp³-hybridized carbons (Fsp3) is 0.404. The number of alkyl carbamates (subject to hydrolysis) is 1. The zero-order chi connectivity index (χ0) is 42.1. The molecule has 0 saturated heterocycles. The second kappa shape index (κ2) is 25.6. The lowest BCUT2D eigenvalue weighted by Gasteiger charge is -2.28. The van der Waals surface area contributed by atoms with Crippen molar-refractivity contribution in [2.45, 2.75) is 78.4 Å². The van der Waals surface area contributed by atoms with Crippen LogP contribution in [0.5, 0.6) is 11.5 Å². The Hall–Kier alpha value is -6.56. The quantitative estimate of drug-likeness (QED) is 0.0712. The van der Waals surface area contributed by atoms with E-state index in [2.05, 4.69) is 65.8 Å². The summed E-state index contributed by atoms with van der Waals surface area (Å²) < 4.78 is 33.4. The molecule has 0 spiro atoms. The second-order valence-corrected chi connectivity index (χ2v) is 13.8. The molecular formula is C47H51NO10. The van der Waals surface area contributed by atoms with Crippen LogP contribution < -0.4 is 14.8 Å². The molecule has 11 nitrogen and oxygen atoms in total. The predicted molar refractivity (Wildman–Crippen MR) is 219 cm³/mol. The predicted octanol–water partition coefficient (Wildman–Crippen LogP) is 6.67. The van der Waals surface area contributed by atoms with Gasteiger partial charge in [-0.2, -0.15) is 0 Å². The molecule has 0 aliphatic heterocycles. The number of amides is 1. The van der Waals surface area contributed by atoms with Crippen molar-refractivity contribution >= 4 is 24.0 Å². The van der Waals surface area contributed by atoms with Crippen LogP contribution in [0.15, 0.2) is 72.8 Å². The molecule has 0 heterocycles. The Morgan fingerprint density at radius 3 is 1.74 bits per heavy atom. The maximum Gasteiger partial charge on any atom is 0.407 e. The number of esters is 3. The van der Waals surface area contributed by atoms with Crippen LogP contribution >= 0.6 is 0 Å². The van der Waals surface area contributed by atoms with Crippen molar-refractivity contribution in [1.29, 1.82) is 0 Å². The normalized spacial score (nSPS) is 14.8. The number of carbonyl (C=O) groups excluding carboxylic acids is 4. The minimum atomic E-state index is -0.836. The minimum absolute atomic E-state index is 0.00454. The SMILES string of the molecule is C=C(C)C(=O)OCC(COc1ccc(C#CC#CC#CC#CC)cc1)OC(=O)CCC1CCC(CNC(=O)OC(COC(=O)C(=C)C)COc2ccc(C)cc2)CC1. The Morgan fingerprint density at radius 2 is 1.19 bits per heavy atom. The molecule has 2 unspecified atom stereocenters. The van der Waals surface area contributed by atoms with Crippen LogP contribution in [0, 0.1) is 66.1 Å². The number of benzene rings is 2. The molecule has 1 saturated carbocycles. The summed E-state index contributed by atoms with van der Waals surface area (Å²) in [6.07, 6.45) is 2.04. The van der Waals surface area contributed by atoms with Gasteiger partial charge in [0.1, 0.15) is 37.9 Å². The van der Waals surface area contributed by atoms with Gasteiger partial charge in [-0.25, -0.2) is 14.4 Å². The van der Waals surface area contributed by atoms with E-state index in [9.17, 15) is 19.2 Å². The summed E-state index contributed by atoms with van der Waals surface area (Å²) >= 11 is 0. The van der Waals surface area contributed by atoms with Crippen LogP contribution in [0.4, 0.5) is 4.79 Å². The Kier molecular flexibility index (Phi) is 20.2. The largest absolute Gasteiger partial charge is 0.490 e. The summed E-state index contributed by atoms with van der Waals surface area (Å²) in [5.41, 5.74) is 2.26. The monoisotopic (exact) mass is 789 g/mol. The van der Waals surface area contributed by atoms with E-state index in [1.54, 1.807) is 31.2 Å². The number of nitrogens with one attached hydrogen (secondary N) is 1. The summed E-state index contributed by atoms with van der Waals surface area (Å²) in [7, 11) is 0. The van der Waals surface area contributed by atoms with E-state index in [1.807, 2.05) is 31.2 Å². The number of hydrogen-bond donors (Lipinski definition) is 1. The van der Waals surface area contributed by atoms with Crippen LogP contribution in [-0.2, 0) is 33.3 Å². The van der Waals surface area contributed by atoms with Gasteiger partial charge in [0.05, 0.1) is 0 Å². The van der Waals surface area contributed by atoms with E-state index >= 15 is 0 Å². The molecule has 2 aromatic rings. The molecule has 3 rings (SSSR count). The maximum atomic E-state index is 12.9. The highest BCUT2D eigenvalue weighted by Gasteiger charge is 2.25. The van der Waals surface area contributed by atoms with Gasteiger partial charge >= 0.3 is 24.0 Å². The Morgan fingerprint density at radius 1 is 0.690 bits per heavy atom. The van der Waals surface area contributed by atoms with Crippen molar-refractivity contribution in [2.75, 3.05) is 33.0 Å². The third kappa shape index (κ3) is 18.9. The Balaban J connectivity index is 1.42. The number of ether oxygens (including phenoxy) is 6. The van der Waals surface area contributed by atoms with Crippen molar-refractivity contribution in [1.82, 2.24) is 5.32 Å². The van der Waals surface area contributed by atoms with Crippen LogP contribution in [0.25, 0.3) is 0 Å². The van der Waals surface area contributed by atoms with Gasteiger partial charge in [-0.1, -0.05) is 55.5 Å². The third-order valence-electron chi connectivity index (χ3n) is 8.72. The number of rotatable bonds is 19. The Bertz CT molecular complexity index is 1980. The van der Waals surface area contributed by atoms with Gasteiger partial charge in [0, 0.05) is 29.7 Å². The average molecular weight is 790 g/mol. The van der Waals surface area contributed by atoms with Crippen LogP contribution in [0.3, 0.4) is 0 Å². The topological polar surface area (TPSA) is 136 Å². The molecule has 2 aromatic carbocycles. The van der Waals surface area contributed by atoms with Gasteiger partial charge in [0.25, 0.3) is 0 Å². The molecule has 58 heavy (non-hydrogen) atoms. The summed E-state index contributed by atoms with van der Waals surface area (Å²) in [5, 5.41) is 2.84. The average Bonchev–Trinajstić information content (AvgIpc) is 3.21. The molecule has 2 atom stereocenters. The summed E-state index contributed by atoms with van der Waals surface area (Å²) in [6, 6.07) is 14.4. The lowest BCUT2D eigenvalue weighted by molar-refractivity contribution is -0.159. The molecule has 1 amide bonds. The first-order valence-electron chi connectivity index (χ1n) is 19.1. The molecule has 1 aliphatic rings. The zero-order valence-electron chi connectivity index (χ0n) is 33.7. The van der Waals surface area contributed by atoms with E-state index in [4.69, 9.17) is 28.4 Å². The Labute approximate surface area is 342 Å². The van der Waals surface area contributed by atoms with Gasteiger partial charge < -0.3 is 33.7 Å². The molecule has 1 fully saturated rings. The van der Waals surface area contributed by atoms with Crippen molar-refractivity contribution < 1.29 is 47.6 Å². The minimum Gasteiger partial charge on any atom is -0.490 e. The second-order valence-electron chi connectivity index (χ2n) is 13.8. The first-order chi connectivity index (χ1) is 27.9. The van der Waals surface area contributed by atoms with Crippen LogP contribution in [-0.4, -0.2) is 69.2 Å². The first kappa shape index (κ1) is 45.8. The molecule has 11 heteroatoms. The molecule has 304 valence electrons. The zero-order valence-corrected chi connectivity index (χ0v) is 33.7. The van der Waals surface area contributed by atoms with Crippen molar-refractivity contribution in [2.24, 2.45) is 11.8 Å². The highest BCUT2D eigenvalue weighted by atomic mass is 16.6. The van der Waals surface area contributed by atoms with Crippen LogP contribution in [0.1, 0.15) is 70.4 Å². The first-order valence-corrected chi connectivity index (χ1v) is 19.1. The van der Waals surface area contributed by atoms with E-state index in [1.165, 1.54) is 13.8 Å². The van der Waals surface area contributed by atoms with E-state index in [0.29, 0.717) is 30.4 Å². The molecule has 0 radical (unpaired) electrons. The van der Waals surface area contributed by atoms with E-state index in [0.717, 1.165) is 36.8 Å². The van der Waals surface area contributed by atoms with Crippen molar-refractivity contribution in [3.63, 3.8) is 0 Å². The smallest absolute Gasteiger partial charge is 0.407 e. The summed E-state index contributed by atoms with van der Waals surface area (Å²) in [4.78, 5) is 49.7. The van der Waals surface area contributed by atoms with Gasteiger partial charge in [-0.3, -0.25) is 4.79 Å². The highest BCUT2D eigenvalue weighted by molar-refractivity contribution is 5.87. The number of carbonyl (C=O) groups is 4. The van der Waals surface area contributed by atoms with Gasteiger partial charge in [0.15, 0.2) is 12.2 Å². The standard InChI is InChI=1S/C47H51NO10/c1-7-8-9-10-11-12-13-14-37-21-26-41(27-22-37)53-30-42(32-55-45(50)34(2)3)57-44(49)28-23-38-17-19-39(20-18-38)29-48-47(52)58-43(33-56-46(51)35(4)5)31-54-40-24-15-36(6)16-25-40/h15-16,21-22,24-27,38-39,42-43H,2,4,17-20,23,28-33H2,1,3,5-6H3,(H,48,52). The fourth-order valence-electron chi connectivity index (χ4n) is 5.47. The fourth-order valence-corrected chi connectivity index (χ4v) is 5.47. The third-order valence-corrected chi connectivity index (χ3v) is 8.72.